The minimum Gasteiger partial charge on any atom is -0.512 e. The average Bonchev–Trinajstić information content (AvgIpc) is 2.43. The van der Waals surface area contributed by atoms with Crippen molar-refractivity contribution in [3.05, 3.63) is 11.3 Å². The predicted molar refractivity (Wildman–Crippen MR) is 81.7 cm³/mol. The van der Waals surface area contributed by atoms with Crippen molar-refractivity contribution in [2.45, 2.75) is 90.6 Å². The van der Waals surface area contributed by atoms with Gasteiger partial charge in [0.15, 0.2) is 0 Å². The fourth-order valence-corrected chi connectivity index (χ4v) is 2.61. The molecular weight excluding hydrogens is 252 g/mol. The lowest BCUT2D eigenvalue weighted by Crippen LogP contribution is -2.25. The van der Waals surface area contributed by atoms with E-state index in [1.165, 1.54) is 51.4 Å². The van der Waals surface area contributed by atoms with E-state index in [1.807, 2.05) is 0 Å². The van der Waals surface area contributed by atoms with Gasteiger partial charge in [-0.15, -0.1) is 0 Å². The molecule has 3 heteroatoms. The van der Waals surface area contributed by atoms with Crippen molar-refractivity contribution >= 4 is 5.97 Å². The number of rotatable bonds is 10. The Kier molecular flexibility index (Phi) is 8.40. The standard InChI is InChI=1S/C17H30O3/c1-3-4-5-6-7-8-9-10-11-12-15-13-16(18)14(2)17(19)20-15/h15,18H,3-13H2,1-2H3/t15-/m1/s1. The molecule has 1 aliphatic rings. The van der Waals surface area contributed by atoms with Gasteiger partial charge in [-0.3, -0.25) is 0 Å². The quantitative estimate of drug-likeness (QED) is 0.450. The van der Waals surface area contributed by atoms with Crippen LogP contribution in [0, 0.1) is 0 Å². The summed E-state index contributed by atoms with van der Waals surface area (Å²) < 4.78 is 5.28. The van der Waals surface area contributed by atoms with Gasteiger partial charge >= 0.3 is 5.97 Å². The number of carbonyl (C=O) groups is 1. The molecule has 1 aliphatic heterocycles. The Morgan fingerprint density at radius 3 is 2.15 bits per heavy atom. The number of carbonyl (C=O) groups excluding carboxylic acids is 1. The molecule has 0 radical (unpaired) electrons. The Bertz CT molecular complexity index is 320. The molecule has 1 heterocycles. The molecular formula is C17H30O3. The summed E-state index contributed by atoms with van der Waals surface area (Å²) in [6.45, 7) is 3.86. The number of aliphatic hydroxyl groups is 1. The summed E-state index contributed by atoms with van der Waals surface area (Å²) in [7, 11) is 0. The summed E-state index contributed by atoms with van der Waals surface area (Å²) in [6.07, 6.45) is 12.9. The molecule has 3 nitrogen and oxygen atoms in total. The van der Waals surface area contributed by atoms with Crippen LogP contribution in [0.25, 0.3) is 0 Å². The van der Waals surface area contributed by atoms with E-state index in [2.05, 4.69) is 6.92 Å². The van der Waals surface area contributed by atoms with Crippen LogP contribution >= 0.6 is 0 Å². The second-order valence-electron chi connectivity index (χ2n) is 5.92. The topological polar surface area (TPSA) is 46.5 Å². The number of aliphatic hydroxyl groups excluding tert-OH is 1. The van der Waals surface area contributed by atoms with Gasteiger partial charge in [0.25, 0.3) is 0 Å². The van der Waals surface area contributed by atoms with E-state index < -0.39 is 0 Å². The third-order valence-corrected chi connectivity index (χ3v) is 4.06. The summed E-state index contributed by atoms with van der Waals surface area (Å²) in [5.41, 5.74) is 0.369. The molecule has 116 valence electrons. The Balaban J connectivity index is 1.99. The highest BCUT2D eigenvalue weighted by atomic mass is 16.5. The third-order valence-electron chi connectivity index (χ3n) is 4.06. The Morgan fingerprint density at radius 1 is 1.05 bits per heavy atom. The second kappa shape index (κ2) is 9.84. The van der Waals surface area contributed by atoms with Crippen molar-refractivity contribution in [2.24, 2.45) is 0 Å². The third kappa shape index (κ3) is 6.44. The number of hydrogen-bond donors (Lipinski definition) is 1. The van der Waals surface area contributed by atoms with E-state index in [0.717, 1.165) is 12.8 Å². The van der Waals surface area contributed by atoms with E-state index in [9.17, 15) is 9.90 Å². The molecule has 0 unspecified atom stereocenters. The number of esters is 1. The zero-order valence-electron chi connectivity index (χ0n) is 13.1. The van der Waals surface area contributed by atoms with Gasteiger partial charge in [0, 0.05) is 6.42 Å². The minimum absolute atomic E-state index is 0.115. The largest absolute Gasteiger partial charge is 0.512 e. The first-order valence-corrected chi connectivity index (χ1v) is 8.24. The highest BCUT2D eigenvalue weighted by Crippen LogP contribution is 2.23. The number of hydrogen-bond acceptors (Lipinski definition) is 3. The summed E-state index contributed by atoms with van der Waals surface area (Å²) in [5.74, 6) is -0.142. The zero-order valence-corrected chi connectivity index (χ0v) is 13.1. The maximum absolute atomic E-state index is 11.4. The predicted octanol–water partition coefficient (Wildman–Crippen LogP) is 5.05. The van der Waals surface area contributed by atoms with Gasteiger partial charge in [-0.2, -0.15) is 0 Å². The molecule has 0 aromatic rings. The zero-order chi connectivity index (χ0) is 14.8. The molecule has 0 bridgehead atoms. The van der Waals surface area contributed by atoms with E-state index in [4.69, 9.17) is 4.74 Å². The molecule has 0 spiro atoms. The smallest absolute Gasteiger partial charge is 0.337 e. The summed E-state index contributed by atoms with van der Waals surface area (Å²) in [5, 5.41) is 9.64. The van der Waals surface area contributed by atoms with Gasteiger partial charge in [0.2, 0.25) is 0 Å². The molecule has 0 saturated carbocycles. The number of cyclic esters (lactones) is 1. The van der Waals surface area contributed by atoms with E-state index >= 15 is 0 Å². The Morgan fingerprint density at radius 2 is 1.60 bits per heavy atom. The van der Waals surface area contributed by atoms with Crippen LogP contribution in [0.5, 0.6) is 0 Å². The number of unbranched alkanes of at least 4 members (excludes halogenated alkanes) is 8. The molecule has 0 saturated heterocycles. The Labute approximate surface area is 123 Å². The molecule has 1 atom stereocenters. The van der Waals surface area contributed by atoms with Gasteiger partial charge in [0.05, 0.1) is 5.57 Å². The van der Waals surface area contributed by atoms with E-state index in [0.29, 0.717) is 12.0 Å². The highest BCUT2D eigenvalue weighted by molar-refractivity contribution is 5.89. The second-order valence-corrected chi connectivity index (χ2v) is 5.92. The van der Waals surface area contributed by atoms with Crippen LogP contribution in [-0.4, -0.2) is 17.2 Å². The van der Waals surface area contributed by atoms with Crippen molar-refractivity contribution in [2.75, 3.05) is 0 Å². The highest BCUT2D eigenvalue weighted by Gasteiger charge is 2.25. The van der Waals surface area contributed by atoms with Gasteiger partial charge in [-0.05, 0) is 19.8 Å². The van der Waals surface area contributed by atoms with Crippen molar-refractivity contribution in [3.8, 4) is 0 Å². The lowest BCUT2D eigenvalue weighted by Gasteiger charge is -2.23. The normalized spacial score (nSPS) is 19.3. The molecule has 1 rings (SSSR count). The summed E-state index contributed by atoms with van der Waals surface area (Å²) >= 11 is 0. The molecule has 0 amide bonds. The van der Waals surface area contributed by atoms with Crippen LogP contribution in [0.15, 0.2) is 11.3 Å². The molecule has 20 heavy (non-hydrogen) atoms. The van der Waals surface area contributed by atoms with Crippen LogP contribution in [0.2, 0.25) is 0 Å². The Hall–Kier alpha value is -0.990. The SMILES string of the molecule is CCCCCCCCCCC[C@@H]1CC(O)=C(C)C(=O)O1. The van der Waals surface area contributed by atoms with Crippen molar-refractivity contribution in [1.82, 2.24) is 0 Å². The van der Waals surface area contributed by atoms with E-state index in [-0.39, 0.29) is 17.8 Å². The minimum atomic E-state index is -0.352. The van der Waals surface area contributed by atoms with Gasteiger partial charge < -0.3 is 9.84 Å². The monoisotopic (exact) mass is 282 g/mol. The number of ether oxygens (including phenoxy) is 1. The fourth-order valence-electron chi connectivity index (χ4n) is 2.61. The lowest BCUT2D eigenvalue weighted by atomic mass is 10.0. The van der Waals surface area contributed by atoms with Gasteiger partial charge in [0.1, 0.15) is 11.9 Å². The molecule has 0 fully saturated rings. The summed E-state index contributed by atoms with van der Waals surface area (Å²) in [4.78, 5) is 11.4. The van der Waals surface area contributed by atoms with Crippen molar-refractivity contribution < 1.29 is 14.6 Å². The summed E-state index contributed by atoms with van der Waals surface area (Å²) in [6, 6.07) is 0. The van der Waals surface area contributed by atoms with Crippen LogP contribution in [0.3, 0.4) is 0 Å². The maximum Gasteiger partial charge on any atom is 0.337 e. The first kappa shape index (κ1) is 17.1. The molecule has 0 aliphatic carbocycles. The molecule has 0 aromatic heterocycles. The van der Waals surface area contributed by atoms with Crippen LogP contribution in [-0.2, 0) is 9.53 Å². The van der Waals surface area contributed by atoms with Crippen LogP contribution in [0.1, 0.15) is 84.5 Å². The van der Waals surface area contributed by atoms with Crippen LogP contribution < -0.4 is 0 Å². The maximum atomic E-state index is 11.4. The molecule has 0 aromatic carbocycles. The fraction of sp³-hybridized carbons (Fsp3) is 0.824. The van der Waals surface area contributed by atoms with Crippen molar-refractivity contribution in [1.29, 1.82) is 0 Å². The van der Waals surface area contributed by atoms with Gasteiger partial charge in [-0.25, -0.2) is 4.79 Å². The molecule has 1 N–H and O–H groups in total. The lowest BCUT2D eigenvalue weighted by molar-refractivity contribution is -0.147. The first-order valence-electron chi connectivity index (χ1n) is 8.24. The van der Waals surface area contributed by atoms with Crippen molar-refractivity contribution in [3.63, 3.8) is 0 Å². The first-order chi connectivity index (χ1) is 9.65. The van der Waals surface area contributed by atoms with Crippen LogP contribution in [0.4, 0.5) is 0 Å². The van der Waals surface area contributed by atoms with Gasteiger partial charge in [-0.1, -0.05) is 58.3 Å². The average molecular weight is 282 g/mol. The van der Waals surface area contributed by atoms with E-state index in [1.54, 1.807) is 6.92 Å².